The Kier molecular flexibility index (Phi) is 8.00. The smallest absolute Gasteiger partial charge is 0.311 e. The highest BCUT2D eigenvalue weighted by molar-refractivity contribution is 6.05. The molecule has 46 heavy (non-hydrogen) atoms. The molecule has 4 aromatic rings. The fourth-order valence-electron chi connectivity index (χ4n) is 6.31. The van der Waals surface area contributed by atoms with Gasteiger partial charge in [-0.05, 0) is 64.2 Å². The van der Waals surface area contributed by atoms with E-state index in [9.17, 15) is 35.9 Å². The molecule has 0 saturated carbocycles. The van der Waals surface area contributed by atoms with Gasteiger partial charge in [0.25, 0.3) is 5.91 Å². The Bertz CT molecular complexity index is 1840. The molecule has 4 nitrogen and oxygen atoms in total. The van der Waals surface area contributed by atoms with Crippen molar-refractivity contribution < 1.29 is 35.9 Å². The van der Waals surface area contributed by atoms with Crippen molar-refractivity contribution in [3.05, 3.63) is 136 Å². The van der Waals surface area contributed by atoms with Crippen molar-refractivity contribution in [2.24, 2.45) is 0 Å². The second kappa shape index (κ2) is 11.8. The molecule has 2 aliphatic heterocycles. The van der Waals surface area contributed by atoms with Crippen LogP contribution in [-0.2, 0) is 21.9 Å². The maximum atomic E-state index is 13.5. The second-order valence-electron chi connectivity index (χ2n) is 11.4. The van der Waals surface area contributed by atoms with Crippen molar-refractivity contribution in [2.45, 2.75) is 37.5 Å². The second-order valence-corrected chi connectivity index (χ2v) is 11.4. The van der Waals surface area contributed by atoms with Crippen molar-refractivity contribution in [3.63, 3.8) is 0 Å². The van der Waals surface area contributed by atoms with Crippen molar-refractivity contribution in [1.82, 2.24) is 0 Å². The number of carbonyl (C=O) groups is 2. The summed E-state index contributed by atoms with van der Waals surface area (Å²) in [5, 5.41) is 0. The number of hydrogen-bond donors (Lipinski definition) is 0. The van der Waals surface area contributed by atoms with E-state index in [-0.39, 0.29) is 31.3 Å². The molecule has 0 aliphatic carbocycles. The third-order valence-corrected chi connectivity index (χ3v) is 8.57. The number of benzene rings is 4. The number of anilines is 2. The van der Waals surface area contributed by atoms with Crippen LogP contribution in [0.15, 0.2) is 97.1 Å². The third kappa shape index (κ3) is 5.91. The number of nitrogens with zero attached hydrogens (tertiary/aromatic N) is 2. The predicted octanol–water partition coefficient (Wildman–Crippen LogP) is 8.80. The molecule has 4 aromatic carbocycles. The Labute approximate surface area is 261 Å². The molecule has 0 spiro atoms. The highest BCUT2D eigenvalue weighted by atomic mass is 19.4. The van der Waals surface area contributed by atoms with E-state index in [1.807, 2.05) is 0 Å². The van der Waals surface area contributed by atoms with Gasteiger partial charge in [0.1, 0.15) is 0 Å². The van der Waals surface area contributed by atoms with Crippen LogP contribution in [0.1, 0.15) is 64.1 Å². The first-order valence-corrected chi connectivity index (χ1v) is 14.7. The normalized spacial score (nSPS) is 17.8. The molecular weight excluding hydrogens is 606 g/mol. The van der Waals surface area contributed by atoms with Crippen LogP contribution in [0.25, 0.3) is 6.08 Å². The maximum Gasteiger partial charge on any atom is 0.416 e. The first-order chi connectivity index (χ1) is 21.8. The van der Waals surface area contributed by atoms with Gasteiger partial charge in [-0.1, -0.05) is 67.6 Å². The molecule has 0 radical (unpaired) electrons. The summed E-state index contributed by atoms with van der Waals surface area (Å²) < 4.78 is 80.8. The topological polar surface area (TPSA) is 40.6 Å². The lowest BCUT2D eigenvalue weighted by atomic mass is 9.91. The molecule has 0 bridgehead atoms. The van der Waals surface area contributed by atoms with E-state index in [2.05, 4.69) is 0 Å². The van der Waals surface area contributed by atoms with Gasteiger partial charge in [-0.2, -0.15) is 26.3 Å². The van der Waals surface area contributed by atoms with Crippen LogP contribution < -0.4 is 9.80 Å². The third-order valence-electron chi connectivity index (χ3n) is 8.57. The van der Waals surface area contributed by atoms with Gasteiger partial charge in [-0.3, -0.25) is 9.59 Å². The zero-order chi connectivity index (χ0) is 32.8. The Balaban J connectivity index is 1.29. The van der Waals surface area contributed by atoms with Gasteiger partial charge < -0.3 is 9.80 Å². The van der Waals surface area contributed by atoms with Crippen LogP contribution in [0.4, 0.5) is 37.7 Å². The lowest BCUT2D eigenvalue weighted by molar-refractivity contribution is -0.138. The SMILES string of the molecule is CCC(=O)N1CC(c2cccc(C(F)(F)F)c2)c2cc(/C=C/C(=O)N3C[C@@H](c4cccc(C(F)(F)F)c4)c4ccccc43)ccc21. The van der Waals surface area contributed by atoms with Gasteiger partial charge in [0, 0.05) is 48.8 Å². The molecular formula is C36H28F6N2O2. The highest BCUT2D eigenvalue weighted by Gasteiger charge is 2.37. The van der Waals surface area contributed by atoms with Crippen molar-refractivity contribution in [3.8, 4) is 0 Å². The minimum absolute atomic E-state index is 0.153. The molecule has 1 unspecified atom stereocenters. The Morgan fingerprint density at radius 2 is 1.26 bits per heavy atom. The maximum absolute atomic E-state index is 13.5. The van der Waals surface area contributed by atoms with Gasteiger partial charge in [0.05, 0.1) is 11.1 Å². The Morgan fingerprint density at radius 3 is 1.87 bits per heavy atom. The van der Waals surface area contributed by atoms with Crippen LogP contribution in [-0.4, -0.2) is 24.9 Å². The number of rotatable bonds is 5. The molecule has 6 rings (SSSR count). The standard InChI is InChI=1S/C36H28F6N2O2/c1-2-33(45)43-21-30(24-8-6-10-26(19-24)36(40,41)42)28-17-22(13-15-32(28)43)14-16-34(46)44-20-29(27-11-3-4-12-31(27)44)23-7-5-9-25(18-23)35(37,38)39/h3-19,29-30H,2,20-21H2,1H3/b16-14+/t29-,30?/m0/s1. The van der Waals surface area contributed by atoms with E-state index < -0.39 is 35.3 Å². The summed E-state index contributed by atoms with van der Waals surface area (Å²) in [6.07, 6.45) is -5.82. The summed E-state index contributed by atoms with van der Waals surface area (Å²) in [5.41, 5.74) is 2.58. The van der Waals surface area contributed by atoms with E-state index >= 15 is 0 Å². The fraction of sp³-hybridized carbons (Fsp3) is 0.222. The average molecular weight is 635 g/mol. The van der Waals surface area contributed by atoms with Gasteiger partial charge in [0.15, 0.2) is 0 Å². The fourth-order valence-corrected chi connectivity index (χ4v) is 6.31. The van der Waals surface area contributed by atoms with Gasteiger partial charge in [0.2, 0.25) is 5.91 Å². The van der Waals surface area contributed by atoms with E-state index in [4.69, 9.17) is 0 Å². The van der Waals surface area contributed by atoms with Gasteiger partial charge in [-0.25, -0.2) is 0 Å². The number of carbonyl (C=O) groups excluding carboxylic acids is 2. The van der Waals surface area contributed by atoms with Gasteiger partial charge >= 0.3 is 12.4 Å². The zero-order valence-electron chi connectivity index (χ0n) is 24.6. The van der Waals surface area contributed by atoms with Crippen LogP contribution in [0.3, 0.4) is 0 Å². The summed E-state index contributed by atoms with van der Waals surface area (Å²) in [5.74, 6) is -1.49. The van der Waals surface area contributed by atoms with Crippen LogP contribution in [0.5, 0.6) is 0 Å². The van der Waals surface area contributed by atoms with E-state index in [0.717, 1.165) is 29.8 Å². The Hall–Kier alpha value is -4.86. The average Bonchev–Trinajstić information content (AvgIpc) is 3.62. The van der Waals surface area contributed by atoms with Crippen molar-refractivity contribution in [1.29, 1.82) is 0 Å². The largest absolute Gasteiger partial charge is 0.416 e. The minimum Gasteiger partial charge on any atom is -0.311 e. The summed E-state index contributed by atoms with van der Waals surface area (Å²) in [6.45, 7) is 2.06. The monoisotopic (exact) mass is 634 g/mol. The lowest BCUT2D eigenvalue weighted by Crippen LogP contribution is -2.29. The Morgan fingerprint density at radius 1 is 0.696 bits per heavy atom. The predicted molar refractivity (Wildman–Crippen MR) is 163 cm³/mol. The molecule has 2 atom stereocenters. The summed E-state index contributed by atoms with van der Waals surface area (Å²) >= 11 is 0. The van der Waals surface area contributed by atoms with Crippen molar-refractivity contribution in [2.75, 3.05) is 22.9 Å². The van der Waals surface area contributed by atoms with E-state index in [0.29, 0.717) is 33.6 Å². The molecule has 2 aliphatic rings. The number of amides is 2. The van der Waals surface area contributed by atoms with Gasteiger partial charge in [-0.15, -0.1) is 0 Å². The molecule has 10 heteroatoms. The summed E-state index contributed by atoms with van der Waals surface area (Å²) in [4.78, 5) is 29.4. The number of halogens is 6. The van der Waals surface area contributed by atoms with Crippen LogP contribution in [0, 0.1) is 0 Å². The van der Waals surface area contributed by atoms with E-state index in [1.54, 1.807) is 72.5 Å². The van der Waals surface area contributed by atoms with E-state index in [1.165, 1.54) is 23.1 Å². The summed E-state index contributed by atoms with van der Waals surface area (Å²) in [7, 11) is 0. The van der Waals surface area contributed by atoms with Crippen molar-refractivity contribution >= 4 is 29.3 Å². The number of fused-ring (bicyclic) bond motifs is 2. The molecule has 0 N–H and O–H groups in total. The molecule has 0 aromatic heterocycles. The molecule has 2 heterocycles. The quantitative estimate of drug-likeness (QED) is 0.163. The number of hydrogen-bond acceptors (Lipinski definition) is 2. The molecule has 0 fully saturated rings. The first-order valence-electron chi connectivity index (χ1n) is 14.7. The van der Waals surface area contributed by atoms with Crippen LogP contribution in [0.2, 0.25) is 0 Å². The molecule has 236 valence electrons. The lowest BCUT2D eigenvalue weighted by Gasteiger charge is -2.17. The number of para-hydroxylation sites is 1. The zero-order valence-corrected chi connectivity index (χ0v) is 24.6. The van der Waals surface area contributed by atoms with Crippen LogP contribution >= 0.6 is 0 Å². The molecule has 2 amide bonds. The first kappa shape index (κ1) is 31.1. The highest BCUT2D eigenvalue weighted by Crippen LogP contribution is 2.44. The summed E-state index contributed by atoms with van der Waals surface area (Å²) in [6, 6.07) is 22.5. The molecule has 0 saturated heterocycles. The minimum atomic E-state index is -4.52. The number of alkyl halides is 6.